The van der Waals surface area contributed by atoms with Crippen LogP contribution < -0.4 is 0 Å². The summed E-state index contributed by atoms with van der Waals surface area (Å²) in [5.41, 5.74) is 0.954. The molecule has 0 saturated carbocycles. The number of nitrogens with zero attached hydrogens (tertiary/aromatic N) is 3. The standard InChI is InChI=1S/C18H11F3N4O2/c1-27-18(26)14-8-22-24-25(14)17-12-6-11(20)7-13(21)16(12)23-15(17)9-2-4-10(19)5-3-9/h2-8,23H,1H3. The van der Waals surface area contributed by atoms with E-state index in [1.807, 2.05) is 0 Å². The number of H-pyrrole nitrogens is 1. The van der Waals surface area contributed by atoms with Gasteiger partial charge in [0.25, 0.3) is 0 Å². The van der Waals surface area contributed by atoms with Crippen LogP contribution in [0.4, 0.5) is 13.2 Å². The Morgan fingerprint density at radius 3 is 2.56 bits per heavy atom. The number of hydrogen-bond donors (Lipinski definition) is 1. The number of carbonyl (C=O) groups excluding carboxylic acids is 1. The second kappa shape index (κ2) is 6.27. The Hall–Kier alpha value is -3.62. The first kappa shape index (κ1) is 16.8. The Labute approximate surface area is 150 Å². The lowest BCUT2D eigenvalue weighted by Crippen LogP contribution is -2.10. The van der Waals surface area contributed by atoms with Gasteiger partial charge in [-0.15, -0.1) is 5.10 Å². The third-order valence-corrected chi connectivity index (χ3v) is 4.09. The number of nitrogens with one attached hydrogen (secondary N) is 1. The van der Waals surface area contributed by atoms with Crippen LogP contribution in [-0.4, -0.2) is 33.1 Å². The summed E-state index contributed by atoms with van der Waals surface area (Å²) in [4.78, 5) is 14.9. The molecule has 0 aliphatic heterocycles. The first-order chi connectivity index (χ1) is 13.0. The minimum Gasteiger partial charge on any atom is -0.464 e. The molecule has 0 bridgehead atoms. The summed E-state index contributed by atoms with van der Waals surface area (Å²) < 4.78 is 47.3. The fourth-order valence-electron chi connectivity index (χ4n) is 2.90. The maximum Gasteiger partial charge on any atom is 0.358 e. The average molecular weight is 372 g/mol. The molecule has 6 nitrogen and oxygen atoms in total. The smallest absolute Gasteiger partial charge is 0.358 e. The van der Waals surface area contributed by atoms with Crippen LogP contribution in [0.15, 0.2) is 42.6 Å². The number of esters is 1. The van der Waals surface area contributed by atoms with E-state index in [-0.39, 0.29) is 22.3 Å². The normalized spacial score (nSPS) is 11.1. The number of halogens is 3. The van der Waals surface area contributed by atoms with Crippen LogP contribution in [0.1, 0.15) is 10.5 Å². The molecule has 9 heteroatoms. The molecule has 27 heavy (non-hydrogen) atoms. The number of methoxy groups -OCH3 is 1. The van der Waals surface area contributed by atoms with Crippen molar-refractivity contribution in [2.24, 2.45) is 0 Å². The Balaban J connectivity index is 2.08. The van der Waals surface area contributed by atoms with Crippen LogP contribution in [0.5, 0.6) is 0 Å². The third-order valence-electron chi connectivity index (χ3n) is 4.09. The van der Waals surface area contributed by atoms with E-state index in [1.165, 1.54) is 37.6 Å². The number of benzene rings is 2. The molecule has 136 valence electrons. The highest BCUT2D eigenvalue weighted by Crippen LogP contribution is 2.35. The Bertz CT molecular complexity index is 1170. The van der Waals surface area contributed by atoms with Crippen LogP contribution >= 0.6 is 0 Å². The van der Waals surface area contributed by atoms with Crippen molar-refractivity contribution < 1.29 is 22.7 Å². The van der Waals surface area contributed by atoms with E-state index in [4.69, 9.17) is 4.74 Å². The lowest BCUT2D eigenvalue weighted by atomic mass is 10.1. The zero-order chi connectivity index (χ0) is 19.1. The van der Waals surface area contributed by atoms with Crippen molar-refractivity contribution in [3.8, 4) is 16.9 Å². The van der Waals surface area contributed by atoms with Crippen molar-refractivity contribution in [1.82, 2.24) is 20.0 Å². The van der Waals surface area contributed by atoms with E-state index in [1.54, 1.807) is 0 Å². The molecule has 2 heterocycles. The molecule has 0 spiro atoms. The van der Waals surface area contributed by atoms with Gasteiger partial charge in [-0.2, -0.15) is 0 Å². The highest BCUT2D eigenvalue weighted by molar-refractivity contribution is 5.98. The molecule has 0 radical (unpaired) electrons. The van der Waals surface area contributed by atoms with E-state index >= 15 is 0 Å². The molecule has 0 amide bonds. The summed E-state index contributed by atoms with van der Waals surface area (Å²) in [5, 5.41) is 7.71. The van der Waals surface area contributed by atoms with E-state index in [0.29, 0.717) is 11.3 Å². The first-order valence-electron chi connectivity index (χ1n) is 7.75. The summed E-state index contributed by atoms with van der Waals surface area (Å²) in [6.45, 7) is 0. The molecule has 2 aromatic carbocycles. The predicted molar refractivity (Wildman–Crippen MR) is 89.9 cm³/mol. The Morgan fingerprint density at radius 2 is 1.85 bits per heavy atom. The summed E-state index contributed by atoms with van der Waals surface area (Å²) in [6, 6.07) is 7.23. The van der Waals surface area contributed by atoms with Crippen LogP contribution in [0, 0.1) is 17.5 Å². The summed E-state index contributed by atoms with van der Waals surface area (Å²) >= 11 is 0. The molecule has 2 aromatic heterocycles. The van der Waals surface area contributed by atoms with Crippen LogP contribution in [0.2, 0.25) is 0 Å². The number of rotatable bonds is 3. The van der Waals surface area contributed by atoms with Crippen molar-refractivity contribution in [3.63, 3.8) is 0 Å². The van der Waals surface area contributed by atoms with Gasteiger partial charge in [0.1, 0.15) is 23.1 Å². The zero-order valence-electron chi connectivity index (χ0n) is 13.8. The number of carbonyl (C=O) groups is 1. The van der Waals surface area contributed by atoms with Crippen molar-refractivity contribution in [2.45, 2.75) is 0 Å². The number of hydrogen-bond acceptors (Lipinski definition) is 4. The van der Waals surface area contributed by atoms with Crippen LogP contribution in [0.25, 0.3) is 27.8 Å². The fourth-order valence-corrected chi connectivity index (χ4v) is 2.90. The van der Waals surface area contributed by atoms with Crippen LogP contribution in [-0.2, 0) is 4.74 Å². The molecule has 0 aliphatic carbocycles. The van der Waals surface area contributed by atoms with Gasteiger partial charge in [0.2, 0.25) is 0 Å². The van der Waals surface area contributed by atoms with Gasteiger partial charge < -0.3 is 9.72 Å². The molecule has 1 N–H and O–H groups in total. The van der Waals surface area contributed by atoms with Crippen LogP contribution in [0.3, 0.4) is 0 Å². The van der Waals surface area contributed by atoms with Crippen molar-refractivity contribution in [2.75, 3.05) is 7.11 Å². The molecule has 4 aromatic rings. The Kier molecular flexibility index (Phi) is 3.91. The topological polar surface area (TPSA) is 72.8 Å². The van der Waals surface area contributed by atoms with E-state index in [0.717, 1.165) is 16.8 Å². The minimum absolute atomic E-state index is 0.0111. The molecule has 0 fully saturated rings. The maximum absolute atomic E-state index is 14.3. The minimum atomic E-state index is -0.820. The monoisotopic (exact) mass is 372 g/mol. The fraction of sp³-hybridized carbons (Fsp3) is 0.0556. The summed E-state index contributed by atoms with van der Waals surface area (Å²) in [6.07, 6.45) is 1.18. The second-order valence-electron chi connectivity index (χ2n) is 5.69. The molecule has 4 rings (SSSR count). The molecular weight excluding hydrogens is 361 g/mol. The zero-order valence-corrected chi connectivity index (χ0v) is 13.8. The van der Waals surface area contributed by atoms with E-state index in [9.17, 15) is 18.0 Å². The third kappa shape index (κ3) is 2.73. The van der Waals surface area contributed by atoms with Gasteiger partial charge in [0.05, 0.1) is 24.5 Å². The number of aromatic nitrogens is 4. The number of ether oxygens (including phenoxy) is 1. The van der Waals surface area contributed by atoms with E-state index in [2.05, 4.69) is 15.3 Å². The number of fused-ring (bicyclic) bond motifs is 1. The van der Waals surface area contributed by atoms with Gasteiger partial charge >= 0.3 is 5.97 Å². The van der Waals surface area contributed by atoms with Gasteiger partial charge in [0, 0.05) is 17.0 Å². The highest BCUT2D eigenvalue weighted by Gasteiger charge is 2.24. The van der Waals surface area contributed by atoms with E-state index < -0.39 is 23.4 Å². The Morgan fingerprint density at radius 1 is 1.11 bits per heavy atom. The van der Waals surface area contributed by atoms with Crippen molar-refractivity contribution in [3.05, 3.63) is 65.7 Å². The number of aromatic amines is 1. The summed E-state index contributed by atoms with van der Waals surface area (Å²) in [7, 11) is 1.19. The molecule has 0 unspecified atom stereocenters. The molecule has 0 aliphatic rings. The average Bonchev–Trinajstić information content (AvgIpc) is 3.26. The highest BCUT2D eigenvalue weighted by atomic mass is 19.1. The van der Waals surface area contributed by atoms with Crippen molar-refractivity contribution >= 4 is 16.9 Å². The molecule has 0 saturated heterocycles. The summed E-state index contributed by atoms with van der Waals surface area (Å²) in [5.74, 6) is -2.80. The van der Waals surface area contributed by atoms with Gasteiger partial charge in [-0.25, -0.2) is 22.6 Å². The largest absolute Gasteiger partial charge is 0.464 e. The predicted octanol–water partition coefficient (Wildman–Crippen LogP) is 3.62. The lowest BCUT2D eigenvalue weighted by Gasteiger charge is -2.08. The molecule has 0 atom stereocenters. The van der Waals surface area contributed by atoms with Gasteiger partial charge in [-0.05, 0) is 30.3 Å². The van der Waals surface area contributed by atoms with Gasteiger partial charge in [0.15, 0.2) is 5.69 Å². The SMILES string of the molecule is COC(=O)c1cnnn1-c1c(-c2ccc(F)cc2)[nH]c2c(F)cc(F)cc12. The maximum atomic E-state index is 14.3. The lowest BCUT2D eigenvalue weighted by molar-refractivity contribution is 0.0590. The van der Waals surface area contributed by atoms with Crippen molar-refractivity contribution in [1.29, 1.82) is 0 Å². The molecular formula is C18H11F3N4O2. The quantitative estimate of drug-likeness (QED) is 0.558. The van der Waals surface area contributed by atoms with Gasteiger partial charge in [-0.1, -0.05) is 5.21 Å². The second-order valence-corrected chi connectivity index (χ2v) is 5.69. The van der Waals surface area contributed by atoms with Gasteiger partial charge in [-0.3, -0.25) is 0 Å². The first-order valence-corrected chi connectivity index (χ1v) is 7.75.